The van der Waals surface area contributed by atoms with Crippen LogP contribution in [0.5, 0.6) is 0 Å². The molecule has 1 aromatic heterocycles. The Kier molecular flexibility index (Phi) is 6.25. The van der Waals surface area contributed by atoms with Crippen molar-refractivity contribution in [2.75, 3.05) is 11.6 Å². The van der Waals surface area contributed by atoms with Gasteiger partial charge in [0.2, 0.25) is 0 Å². The molecule has 0 atom stereocenters. The Labute approximate surface area is 184 Å². The molecule has 4 rings (SSSR count). The van der Waals surface area contributed by atoms with Crippen molar-refractivity contribution in [2.24, 2.45) is 0 Å². The number of H-pyrrole nitrogens is 1. The van der Waals surface area contributed by atoms with Crippen LogP contribution < -0.4 is 10.9 Å². The van der Waals surface area contributed by atoms with Gasteiger partial charge in [-0.25, -0.2) is 5.10 Å². The summed E-state index contributed by atoms with van der Waals surface area (Å²) in [6.45, 7) is 0. The lowest BCUT2D eigenvalue weighted by Gasteiger charge is -2.17. The van der Waals surface area contributed by atoms with Crippen LogP contribution in [0.15, 0.2) is 52.2 Å². The maximum absolute atomic E-state index is 12.7. The quantitative estimate of drug-likeness (QED) is 0.556. The molecular weight excluding hydrogens is 418 g/mol. The zero-order valence-electron chi connectivity index (χ0n) is 16.6. The monoisotopic (exact) mass is 439 g/mol. The first-order chi connectivity index (χ1) is 14.5. The molecule has 2 aromatic carbocycles. The van der Waals surface area contributed by atoms with Gasteiger partial charge in [-0.2, -0.15) is 5.10 Å². The third-order valence-corrected chi connectivity index (χ3v) is 6.41. The Morgan fingerprint density at radius 1 is 1.17 bits per heavy atom. The van der Waals surface area contributed by atoms with E-state index in [0.717, 1.165) is 53.0 Å². The second kappa shape index (κ2) is 9.06. The summed E-state index contributed by atoms with van der Waals surface area (Å²) in [6.07, 6.45) is 6.39. The Morgan fingerprint density at radius 2 is 1.97 bits per heavy atom. The first kappa shape index (κ1) is 20.7. The van der Waals surface area contributed by atoms with E-state index in [1.54, 1.807) is 23.9 Å². The van der Waals surface area contributed by atoms with Crippen molar-refractivity contribution in [3.05, 3.63) is 85.8 Å². The number of fused-ring (bicyclic) bond motifs is 1. The third-order valence-electron chi connectivity index (χ3n) is 5.36. The molecule has 7 heteroatoms. The van der Waals surface area contributed by atoms with Crippen molar-refractivity contribution < 1.29 is 4.79 Å². The molecule has 0 fully saturated rings. The van der Waals surface area contributed by atoms with E-state index in [1.807, 2.05) is 36.6 Å². The molecule has 0 saturated heterocycles. The summed E-state index contributed by atoms with van der Waals surface area (Å²) in [6, 6.07) is 13.1. The van der Waals surface area contributed by atoms with Crippen molar-refractivity contribution in [3.63, 3.8) is 0 Å². The van der Waals surface area contributed by atoms with Gasteiger partial charge in [0.05, 0.1) is 16.3 Å². The van der Waals surface area contributed by atoms with Crippen LogP contribution in [0.2, 0.25) is 5.02 Å². The number of aromatic amines is 1. The molecular formula is C23H22ClN3O2S. The van der Waals surface area contributed by atoms with Gasteiger partial charge in [-0.1, -0.05) is 23.7 Å². The number of hydrogen-bond acceptors (Lipinski definition) is 4. The van der Waals surface area contributed by atoms with Crippen LogP contribution in [-0.2, 0) is 19.3 Å². The zero-order chi connectivity index (χ0) is 21.1. The summed E-state index contributed by atoms with van der Waals surface area (Å²) in [5.41, 5.74) is 4.96. The van der Waals surface area contributed by atoms with Crippen molar-refractivity contribution in [2.45, 2.75) is 37.0 Å². The summed E-state index contributed by atoms with van der Waals surface area (Å²) in [5.74, 6) is -0.243. The summed E-state index contributed by atoms with van der Waals surface area (Å²) in [4.78, 5) is 25.8. The number of carbonyl (C=O) groups excluding carboxylic acids is 1. The van der Waals surface area contributed by atoms with E-state index in [1.165, 1.54) is 0 Å². The molecule has 30 heavy (non-hydrogen) atoms. The van der Waals surface area contributed by atoms with E-state index in [2.05, 4.69) is 15.5 Å². The number of amides is 1. The number of halogens is 1. The maximum Gasteiger partial charge on any atom is 0.267 e. The lowest BCUT2D eigenvalue weighted by atomic mass is 9.90. The number of nitrogens with zero attached hydrogens (tertiary/aromatic N) is 1. The Hall–Kier alpha value is -2.57. The fourth-order valence-electron chi connectivity index (χ4n) is 3.83. The average Bonchev–Trinajstić information content (AvgIpc) is 2.76. The molecule has 0 unspecified atom stereocenters. The van der Waals surface area contributed by atoms with Gasteiger partial charge in [-0.15, -0.1) is 11.8 Å². The van der Waals surface area contributed by atoms with E-state index in [4.69, 9.17) is 11.6 Å². The van der Waals surface area contributed by atoms with Gasteiger partial charge in [0.25, 0.3) is 11.5 Å². The smallest absolute Gasteiger partial charge is 0.267 e. The molecule has 0 radical (unpaired) electrons. The second-order valence-electron chi connectivity index (χ2n) is 7.34. The van der Waals surface area contributed by atoms with E-state index < -0.39 is 0 Å². The minimum absolute atomic E-state index is 0.0705. The standard InChI is InChI=1S/C23H22ClN3O2S/c1-30-16-9-10-20(24)19(13-16)22(28)25-15-6-4-5-14(11-15)12-21-17-7-2-3-8-18(17)23(29)27-26-21/h4-6,9-11,13H,2-3,7-8,12H2,1H3,(H,25,28)(H,27,29). The number of thioether (sulfide) groups is 1. The van der Waals surface area contributed by atoms with Crippen molar-refractivity contribution in [1.82, 2.24) is 10.2 Å². The Morgan fingerprint density at radius 3 is 2.77 bits per heavy atom. The fraction of sp³-hybridized carbons (Fsp3) is 0.261. The van der Waals surface area contributed by atoms with Gasteiger partial charge < -0.3 is 5.32 Å². The minimum Gasteiger partial charge on any atom is -0.322 e. The number of nitrogens with one attached hydrogen (secondary N) is 2. The summed E-state index contributed by atoms with van der Waals surface area (Å²) in [5, 5.41) is 10.3. The molecule has 0 bridgehead atoms. The highest BCUT2D eigenvalue weighted by Gasteiger charge is 2.18. The van der Waals surface area contributed by atoms with Gasteiger partial charge >= 0.3 is 0 Å². The number of benzene rings is 2. The van der Waals surface area contributed by atoms with E-state index in [0.29, 0.717) is 22.7 Å². The van der Waals surface area contributed by atoms with Crippen LogP contribution in [0.1, 0.15) is 45.6 Å². The summed E-state index contributed by atoms with van der Waals surface area (Å²) < 4.78 is 0. The van der Waals surface area contributed by atoms with Crippen LogP contribution in [0.4, 0.5) is 5.69 Å². The molecule has 0 saturated carbocycles. The van der Waals surface area contributed by atoms with Crippen molar-refractivity contribution in [3.8, 4) is 0 Å². The molecule has 1 aliphatic carbocycles. The Bertz CT molecular complexity index is 1160. The predicted molar refractivity (Wildman–Crippen MR) is 122 cm³/mol. The predicted octanol–water partition coefficient (Wildman–Crippen LogP) is 4.87. The van der Waals surface area contributed by atoms with Gasteiger partial charge in [0, 0.05) is 22.6 Å². The van der Waals surface area contributed by atoms with E-state index in [-0.39, 0.29) is 11.5 Å². The van der Waals surface area contributed by atoms with Gasteiger partial charge in [0.15, 0.2) is 0 Å². The van der Waals surface area contributed by atoms with Crippen molar-refractivity contribution in [1.29, 1.82) is 0 Å². The van der Waals surface area contributed by atoms with Crippen LogP contribution >= 0.6 is 23.4 Å². The van der Waals surface area contributed by atoms with Crippen LogP contribution in [-0.4, -0.2) is 22.4 Å². The topological polar surface area (TPSA) is 74.8 Å². The third kappa shape index (κ3) is 4.45. The van der Waals surface area contributed by atoms with Crippen LogP contribution in [0, 0.1) is 0 Å². The van der Waals surface area contributed by atoms with Gasteiger partial charge in [-0.05, 0) is 73.4 Å². The fourth-order valence-corrected chi connectivity index (χ4v) is 4.47. The molecule has 1 amide bonds. The first-order valence-electron chi connectivity index (χ1n) is 9.88. The largest absolute Gasteiger partial charge is 0.322 e. The van der Waals surface area contributed by atoms with Crippen LogP contribution in [0.3, 0.4) is 0 Å². The molecule has 1 heterocycles. The molecule has 154 valence electrons. The highest BCUT2D eigenvalue weighted by molar-refractivity contribution is 7.98. The van der Waals surface area contributed by atoms with E-state index >= 15 is 0 Å². The molecule has 0 aliphatic heterocycles. The Balaban J connectivity index is 1.56. The molecule has 3 aromatic rings. The average molecular weight is 440 g/mol. The number of aromatic nitrogens is 2. The summed E-state index contributed by atoms with van der Waals surface area (Å²) in [7, 11) is 0. The number of carbonyl (C=O) groups is 1. The number of hydrogen-bond donors (Lipinski definition) is 2. The van der Waals surface area contributed by atoms with E-state index in [9.17, 15) is 9.59 Å². The maximum atomic E-state index is 12.7. The first-order valence-corrected chi connectivity index (χ1v) is 11.5. The van der Waals surface area contributed by atoms with Crippen molar-refractivity contribution >= 4 is 35.0 Å². The number of anilines is 1. The van der Waals surface area contributed by atoms with Gasteiger partial charge in [0.1, 0.15) is 0 Å². The zero-order valence-corrected chi connectivity index (χ0v) is 18.2. The SMILES string of the molecule is CSc1ccc(Cl)c(C(=O)Nc2cccc(Cc3n[nH]c(=O)c4c3CCCC4)c2)c1. The normalized spacial score (nSPS) is 13.0. The highest BCUT2D eigenvalue weighted by atomic mass is 35.5. The summed E-state index contributed by atoms with van der Waals surface area (Å²) >= 11 is 7.79. The lowest BCUT2D eigenvalue weighted by molar-refractivity contribution is 0.102. The molecule has 1 aliphatic rings. The van der Waals surface area contributed by atoms with Gasteiger partial charge in [-0.3, -0.25) is 9.59 Å². The minimum atomic E-state index is -0.243. The number of rotatable bonds is 5. The molecule has 2 N–H and O–H groups in total. The van der Waals surface area contributed by atoms with Crippen LogP contribution in [0.25, 0.3) is 0 Å². The highest BCUT2D eigenvalue weighted by Crippen LogP contribution is 2.25. The molecule has 5 nitrogen and oxygen atoms in total. The molecule has 0 spiro atoms. The lowest BCUT2D eigenvalue weighted by Crippen LogP contribution is -2.23. The second-order valence-corrected chi connectivity index (χ2v) is 8.63.